The molecule has 0 saturated heterocycles. The van der Waals surface area contributed by atoms with Crippen molar-refractivity contribution in [3.8, 4) is 0 Å². The SMILES string of the molecule is C=C/C=C(\C=C(/C)C(F)(F)F)c1ccc(C2(NC(=O)c3cc(C(C)(F)F)nn3C)CC2)cn1. The van der Waals surface area contributed by atoms with Crippen LogP contribution in [0.2, 0.25) is 0 Å². The number of aromatic nitrogens is 3. The third-order valence-electron chi connectivity index (χ3n) is 5.39. The molecule has 1 fully saturated rings. The van der Waals surface area contributed by atoms with Crippen molar-refractivity contribution in [1.82, 2.24) is 20.1 Å². The van der Waals surface area contributed by atoms with Crippen LogP contribution in [0.15, 0.2) is 54.8 Å². The first-order valence-corrected chi connectivity index (χ1v) is 10.1. The van der Waals surface area contributed by atoms with Gasteiger partial charge in [-0.1, -0.05) is 24.8 Å². The van der Waals surface area contributed by atoms with Crippen LogP contribution < -0.4 is 5.32 Å². The second-order valence-corrected chi connectivity index (χ2v) is 8.08. The summed E-state index contributed by atoms with van der Waals surface area (Å²) in [5, 5.41) is 6.56. The average Bonchev–Trinajstić information content (AvgIpc) is 3.38. The highest BCUT2D eigenvalue weighted by Gasteiger charge is 2.46. The van der Waals surface area contributed by atoms with Crippen LogP contribution >= 0.6 is 0 Å². The average molecular weight is 466 g/mol. The fraction of sp³-hybridized carbons (Fsp3) is 0.348. The first-order chi connectivity index (χ1) is 15.3. The molecule has 1 saturated carbocycles. The van der Waals surface area contributed by atoms with Gasteiger partial charge in [0.2, 0.25) is 0 Å². The van der Waals surface area contributed by atoms with Gasteiger partial charge in [0.25, 0.3) is 11.8 Å². The summed E-state index contributed by atoms with van der Waals surface area (Å²) in [6.45, 7) is 5.20. The van der Waals surface area contributed by atoms with Gasteiger partial charge in [0.15, 0.2) is 0 Å². The smallest absolute Gasteiger partial charge is 0.341 e. The second-order valence-electron chi connectivity index (χ2n) is 8.08. The summed E-state index contributed by atoms with van der Waals surface area (Å²) in [5.74, 6) is -3.74. The van der Waals surface area contributed by atoms with Crippen molar-refractivity contribution in [2.24, 2.45) is 7.05 Å². The third-order valence-corrected chi connectivity index (χ3v) is 5.39. The molecule has 2 aromatic heterocycles. The number of carbonyl (C=O) groups excluding carboxylic acids is 1. The molecule has 1 N–H and O–H groups in total. The Morgan fingerprint density at radius 3 is 2.36 bits per heavy atom. The Bertz CT molecular complexity index is 1120. The molecule has 176 valence electrons. The molecule has 1 aliphatic rings. The van der Waals surface area contributed by atoms with Crippen molar-refractivity contribution in [2.75, 3.05) is 0 Å². The number of aryl methyl sites for hydroxylation is 1. The summed E-state index contributed by atoms with van der Waals surface area (Å²) in [6, 6.07) is 4.30. The van der Waals surface area contributed by atoms with Gasteiger partial charge in [-0.15, -0.1) is 0 Å². The minimum atomic E-state index is -4.46. The molecule has 1 aliphatic carbocycles. The highest BCUT2D eigenvalue weighted by atomic mass is 19.4. The van der Waals surface area contributed by atoms with Gasteiger partial charge in [-0.2, -0.15) is 27.1 Å². The van der Waals surface area contributed by atoms with Crippen molar-refractivity contribution < 1.29 is 26.7 Å². The molecule has 1 amide bonds. The van der Waals surface area contributed by atoms with Gasteiger partial charge in [0.05, 0.1) is 11.2 Å². The number of alkyl halides is 5. The van der Waals surface area contributed by atoms with Crippen LogP contribution in [0.25, 0.3) is 5.57 Å². The lowest BCUT2D eigenvalue weighted by molar-refractivity contribution is -0.0912. The number of carbonyl (C=O) groups is 1. The van der Waals surface area contributed by atoms with Crippen LogP contribution in [0.4, 0.5) is 22.0 Å². The summed E-state index contributed by atoms with van der Waals surface area (Å²) in [7, 11) is 1.41. The number of nitrogens with zero attached hydrogens (tertiary/aromatic N) is 3. The molecule has 0 aromatic carbocycles. The number of halogens is 5. The lowest BCUT2D eigenvalue weighted by Gasteiger charge is -2.18. The molecule has 0 unspecified atom stereocenters. The van der Waals surface area contributed by atoms with Gasteiger partial charge < -0.3 is 5.32 Å². The predicted molar refractivity (Wildman–Crippen MR) is 113 cm³/mol. The fourth-order valence-corrected chi connectivity index (χ4v) is 3.28. The fourth-order valence-electron chi connectivity index (χ4n) is 3.28. The molecular formula is C23H23F5N4O. The van der Waals surface area contributed by atoms with Crippen molar-refractivity contribution in [2.45, 2.75) is 44.3 Å². The van der Waals surface area contributed by atoms with E-state index < -0.39 is 34.8 Å². The Hall–Kier alpha value is -3.30. The van der Waals surface area contributed by atoms with Crippen LogP contribution in [0.5, 0.6) is 0 Å². The summed E-state index contributed by atoms with van der Waals surface area (Å²) in [5.41, 5.74) is -0.796. The van der Waals surface area contributed by atoms with Gasteiger partial charge in [0.1, 0.15) is 11.4 Å². The van der Waals surface area contributed by atoms with Crippen LogP contribution in [0.3, 0.4) is 0 Å². The molecule has 2 aromatic rings. The lowest BCUT2D eigenvalue weighted by Crippen LogP contribution is -2.36. The largest absolute Gasteiger partial charge is 0.412 e. The third kappa shape index (κ3) is 5.37. The number of hydrogen-bond donors (Lipinski definition) is 1. The zero-order valence-corrected chi connectivity index (χ0v) is 18.3. The molecule has 0 bridgehead atoms. The minimum Gasteiger partial charge on any atom is -0.341 e. The Labute approximate surface area is 187 Å². The monoisotopic (exact) mass is 466 g/mol. The first kappa shape index (κ1) is 24.3. The molecule has 33 heavy (non-hydrogen) atoms. The number of rotatable bonds is 7. The van der Waals surface area contributed by atoms with Crippen molar-refractivity contribution >= 4 is 11.5 Å². The predicted octanol–water partition coefficient (Wildman–Crippen LogP) is 5.42. The van der Waals surface area contributed by atoms with E-state index in [2.05, 4.69) is 22.0 Å². The van der Waals surface area contributed by atoms with E-state index >= 15 is 0 Å². The lowest BCUT2D eigenvalue weighted by atomic mass is 10.0. The molecule has 2 heterocycles. The summed E-state index contributed by atoms with van der Waals surface area (Å²) >= 11 is 0. The Balaban J connectivity index is 1.82. The molecule has 0 atom stereocenters. The van der Waals surface area contributed by atoms with E-state index in [1.807, 2.05) is 0 Å². The number of amides is 1. The van der Waals surface area contributed by atoms with E-state index in [-0.39, 0.29) is 11.3 Å². The number of nitrogens with one attached hydrogen (secondary N) is 1. The van der Waals surface area contributed by atoms with E-state index in [1.54, 1.807) is 12.1 Å². The maximum atomic E-state index is 13.5. The number of hydrogen-bond acceptors (Lipinski definition) is 3. The molecule has 0 aliphatic heterocycles. The maximum Gasteiger partial charge on any atom is 0.412 e. The van der Waals surface area contributed by atoms with Crippen LogP contribution in [0, 0.1) is 0 Å². The molecule has 5 nitrogen and oxygen atoms in total. The minimum absolute atomic E-state index is 0.00801. The summed E-state index contributed by atoms with van der Waals surface area (Å²) in [4.78, 5) is 17.0. The highest BCUT2D eigenvalue weighted by molar-refractivity contribution is 5.93. The zero-order chi connectivity index (χ0) is 24.6. The van der Waals surface area contributed by atoms with Gasteiger partial charge >= 0.3 is 6.18 Å². The molecule has 0 spiro atoms. The molecule has 3 rings (SSSR count). The zero-order valence-electron chi connectivity index (χ0n) is 18.3. The Morgan fingerprint density at radius 1 is 1.24 bits per heavy atom. The Kier molecular flexibility index (Phi) is 6.32. The Morgan fingerprint density at radius 2 is 1.91 bits per heavy atom. The quantitative estimate of drug-likeness (QED) is 0.438. The van der Waals surface area contributed by atoms with Gasteiger partial charge in [-0.3, -0.25) is 14.5 Å². The van der Waals surface area contributed by atoms with Crippen molar-refractivity contribution in [3.63, 3.8) is 0 Å². The molecule has 0 radical (unpaired) electrons. The van der Waals surface area contributed by atoms with Crippen molar-refractivity contribution in [3.05, 3.63) is 77.4 Å². The topological polar surface area (TPSA) is 59.8 Å². The van der Waals surface area contributed by atoms with E-state index in [1.165, 1.54) is 25.4 Å². The van der Waals surface area contributed by atoms with E-state index in [0.29, 0.717) is 31.0 Å². The summed E-state index contributed by atoms with van der Waals surface area (Å²) in [6.07, 6.45) is 2.03. The first-order valence-electron chi connectivity index (χ1n) is 10.1. The summed E-state index contributed by atoms with van der Waals surface area (Å²) < 4.78 is 66.9. The van der Waals surface area contributed by atoms with Crippen molar-refractivity contribution in [1.29, 1.82) is 0 Å². The number of allylic oxidation sites excluding steroid dienone is 5. The highest BCUT2D eigenvalue weighted by Crippen LogP contribution is 2.45. The van der Waals surface area contributed by atoms with Crippen LogP contribution in [-0.4, -0.2) is 26.8 Å². The van der Waals surface area contributed by atoms with E-state index in [4.69, 9.17) is 0 Å². The molecular weight excluding hydrogens is 443 g/mol. The van der Waals surface area contributed by atoms with Crippen LogP contribution in [-0.2, 0) is 18.5 Å². The molecule has 10 heteroatoms. The maximum absolute atomic E-state index is 13.5. The van der Waals surface area contributed by atoms with E-state index in [9.17, 15) is 26.7 Å². The number of pyridine rings is 1. The normalized spacial score (nSPS) is 16.5. The van der Waals surface area contributed by atoms with Gasteiger partial charge in [-0.25, -0.2) is 0 Å². The van der Waals surface area contributed by atoms with Gasteiger partial charge in [-0.05, 0) is 43.5 Å². The van der Waals surface area contributed by atoms with Crippen LogP contribution in [0.1, 0.15) is 54.1 Å². The standard InChI is InChI=1S/C23H23F5N4O/c1-5-6-15(11-14(2)23(26,27)28)17-8-7-16(13-29-17)22(9-10-22)30-20(33)18-12-19(21(3,24)25)31-32(18)4/h5-8,11-13H,1,9-10H2,2-4H3,(H,30,33)/b14-11+,15-6+. The van der Waals surface area contributed by atoms with E-state index in [0.717, 1.165) is 23.7 Å². The van der Waals surface area contributed by atoms with Gasteiger partial charge in [0, 0.05) is 31.3 Å². The second kappa shape index (κ2) is 8.57.